The van der Waals surface area contributed by atoms with Crippen LogP contribution < -0.4 is 0 Å². The predicted octanol–water partition coefficient (Wildman–Crippen LogP) is 6.21. The Morgan fingerprint density at radius 3 is 1.58 bits per heavy atom. The summed E-state index contributed by atoms with van der Waals surface area (Å²) in [6.07, 6.45) is 19.0. The van der Waals surface area contributed by atoms with Gasteiger partial charge in [0.2, 0.25) is 0 Å². The molecule has 0 rings (SSSR count). The predicted molar refractivity (Wildman–Crippen MR) is 102 cm³/mol. The Hall–Kier alpha value is -0.830. The Labute approximate surface area is 150 Å². The minimum atomic E-state index is -0.379. The van der Waals surface area contributed by atoms with Gasteiger partial charge >= 0.3 is 5.97 Å². The van der Waals surface area contributed by atoms with Crippen molar-refractivity contribution < 1.29 is 14.3 Å². The number of unbranched alkanes of at least 4 members (excludes halogenated alkanes) is 13. The number of methoxy groups -OCH3 is 1. The van der Waals surface area contributed by atoms with Crippen molar-refractivity contribution >= 4 is 5.97 Å². The quantitative estimate of drug-likeness (QED) is 0.169. The Morgan fingerprint density at radius 1 is 0.750 bits per heavy atom. The standard InChI is InChI=1S/C21H40O3/c1-4-5-6-7-8-9-10-11-12-13-14-15-16-17-18-24-19-20(2)21(22)23-3/h2,4-19H2,1,3H3. The smallest absolute Gasteiger partial charge is 0.335 e. The molecule has 0 fully saturated rings. The first-order valence-electron chi connectivity index (χ1n) is 10.1. The van der Waals surface area contributed by atoms with Crippen LogP contribution in [-0.4, -0.2) is 26.3 Å². The largest absolute Gasteiger partial charge is 0.466 e. The number of carbonyl (C=O) groups excluding carboxylic acids is 1. The van der Waals surface area contributed by atoms with E-state index in [-0.39, 0.29) is 12.6 Å². The molecule has 0 aliphatic carbocycles. The van der Waals surface area contributed by atoms with Crippen LogP contribution in [0.25, 0.3) is 0 Å². The first-order chi connectivity index (χ1) is 11.7. The molecule has 0 aromatic rings. The maximum atomic E-state index is 11.1. The van der Waals surface area contributed by atoms with Gasteiger partial charge in [-0.2, -0.15) is 0 Å². The van der Waals surface area contributed by atoms with Gasteiger partial charge in [0.15, 0.2) is 0 Å². The summed E-state index contributed by atoms with van der Waals surface area (Å²) < 4.78 is 10.00. The van der Waals surface area contributed by atoms with Gasteiger partial charge in [0.25, 0.3) is 0 Å². The van der Waals surface area contributed by atoms with Crippen LogP contribution in [0.2, 0.25) is 0 Å². The van der Waals surface area contributed by atoms with E-state index >= 15 is 0 Å². The monoisotopic (exact) mass is 340 g/mol. The van der Waals surface area contributed by atoms with Crippen LogP contribution >= 0.6 is 0 Å². The highest BCUT2D eigenvalue weighted by atomic mass is 16.5. The fraction of sp³-hybridized carbons (Fsp3) is 0.857. The second-order valence-corrected chi connectivity index (χ2v) is 6.74. The molecule has 0 amide bonds. The number of hydrogen-bond acceptors (Lipinski definition) is 3. The van der Waals surface area contributed by atoms with Crippen LogP contribution in [-0.2, 0) is 14.3 Å². The van der Waals surface area contributed by atoms with E-state index in [1.54, 1.807) is 0 Å². The molecule has 0 saturated heterocycles. The summed E-state index contributed by atoms with van der Waals surface area (Å²) in [5.41, 5.74) is 0.392. The maximum absolute atomic E-state index is 11.1. The number of rotatable bonds is 18. The van der Waals surface area contributed by atoms with Gasteiger partial charge in [-0.15, -0.1) is 0 Å². The van der Waals surface area contributed by atoms with Crippen molar-refractivity contribution in [1.29, 1.82) is 0 Å². The number of hydrogen-bond donors (Lipinski definition) is 0. The molecule has 0 aliphatic heterocycles. The normalized spacial score (nSPS) is 10.8. The van der Waals surface area contributed by atoms with Crippen LogP contribution in [0.15, 0.2) is 12.2 Å². The van der Waals surface area contributed by atoms with Gasteiger partial charge in [-0.05, 0) is 6.42 Å². The molecular weight excluding hydrogens is 300 g/mol. The lowest BCUT2D eigenvalue weighted by Crippen LogP contribution is -2.10. The zero-order valence-corrected chi connectivity index (χ0v) is 16.2. The second-order valence-electron chi connectivity index (χ2n) is 6.74. The van der Waals surface area contributed by atoms with E-state index in [9.17, 15) is 4.79 Å². The lowest BCUT2D eigenvalue weighted by molar-refractivity contribution is -0.136. The highest BCUT2D eigenvalue weighted by Crippen LogP contribution is 2.13. The van der Waals surface area contributed by atoms with Crippen molar-refractivity contribution in [1.82, 2.24) is 0 Å². The molecule has 0 heterocycles. The van der Waals surface area contributed by atoms with E-state index < -0.39 is 0 Å². The molecule has 0 saturated carbocycles. The first-order valence-corrected chi connectivity index (χ1v) is 10.1. The van der Waals surface area contributed by atoms with Crippen molar-refractivity contribution in [2.45, 2.75) is 96.8 Å². The van der Waals surface area contributed by atoms with Crippen LogP contribution in [0.4, 0.5) is 0 Å². The van der Waals surface area contributed by atoms with Crippen molar-refractivity contribution in [2.75, 3.05) is 20.3 Å². The fourth-order valence-electron chi connectivity index (χ4n) is 2.80. The van der Waals surface area contributed by atoms with E-state index in [1.165, 1.54) is 90.6 Å². The third kappa shape index (κ3) is 16.0. The third-order valence-electron chi connectivity index (χ3n) is 4.39. The molecule has 0 radical (unpaired) electrons. The number of ether oxygens (including phenoxy) is 2. The zero-order chi connectivity index (χ0) is 17.9. The van der Waals surface area contributed by atoms with E-state index in [4.69, 9.17) is 4.74 Å². The highest BCUT2D eigenvalue weighted by molar-refractivity contribution is 5.87. The molecule has 24 heavy (non-hydrogen) atoms. The maximum Gasteiger partial charge on any atom is 0.335 e. The van der Waals surface area contributed by atoms with Gasteiger partial charge in [-0.25, -0.2) is 4.79 Å². The first kappa shape index (κ1) is 23.2. The Kier molecular flexibility index (Phi) is 17.9. The van der Waals surface area contributed by atoms with Crippen molar-refractivity contribution in [3.8, 4) is 0 Å². The Bertz CT molecular complexity index is 299. The lowest BCUT2D eigenvalue weighted by Gasteiger charge is -2.06. The van der Waals surface area contributed by atoms with Crippen LogP contribution in [0, 0.1) is 0 Å². The molecule has 142 valence electrons. The molecule has 0 spiro atoms. The summed E-state index contributed by atoms with van der Waals surface area (Å²) in [6.45, 7) is 6.89. The minimum absolute atomic E-state index is 0.283. The van der Waals surface area contributed by atoms with Crippen molar-refractivity contribution in [3.63, 3.8) is 0 Å². The van der Waals surface area contributed by atoms with Gasteiger partial charge in [-0.3, -0.25) is 0 Å². The summed E-state index contributed by atoms with van der Waals surface area (Å²) in [5, 5.41) is 0. The van der Waals surface area contributed by atoms with Crippen LogP contribution in [0.5, 0.6) is 0 Å². The van der Waals surface area contributed by atoms with E-state index in [0.717, 1.165) is 6.42 Å². The second kappa shape index (κ2) is 18.5. The van der Waals surface area contributed by atoms with Gasteiger partial charge in [0.05, 0.1) is 19.3 Å². The summed E-state index contributed by atoms with van der Waals surface area (Å²) >= 11 is 0. The summed E-state index contributed by atoms with van der Waals surface area (Å²) in [4.78, 5) is 11.1. The molecule has 0 aliphatic rings. The third-order valence-corrected chi connectivity index (χ3v) is 4.39. The van der Waals surface area contributed by atoms with Crippen molar-refractivity contribution in [3.05, 3.63) is 12.2 Å². The number of carbonyl (C=O) groups is 1. The van der Waals surface area contributed by atoms with Gasteiger partial charge in [-0.1, -0.05) is 97.0 Å². The molecule has 3 heteroatoms. The molecule has 0 unspecified atom stereocenters. The minimum Gasteiger partial charge on any atom is -0.466 e. The van der Waals surface area contributed by atoms with Gasteiger partial charge in [0, 0.05) is 6.61 Å². The molecule has 0 aromatic heterocycles. The van der Waals surface area contributed by atoms with E-state index in [2.05, 4.69) is 18.2 Å². The molecule has 0 atom stereocenters. The number of esters is 1. The highest BCUT2D eigenvalue weighted by Gasteiger charge is 2.05. The fourth-order valence-corrected chi connectivity index (χ4v) is 2.80. The molecule has 0 N–H and O–H groups in total. The van der Waals surface area contributed by atoms with E-state index in [0.29, 0.717) is 12.2 Å². The summed E-state index contributed by atoms with van der Waals surface area (Å²) in [6, 6.07) is 0. The summed E-state index contributed by atoms with van der Waals surface area (Å²) in [5.74, 6) is -0.379. The SMILES string of the molecule is C=C(COCCCCCCCCCCCCCCCC)C(=O)OC. The average molecular weight is 341 g/mol. The molecular formula is C21H40O3. The average Bonchev–Trinajstić information content (AvgIpc) is 2.60. The Morgan fingerprint density at radius 2 is 1.17 bits per heavy atom. The van der Waals surface area contributed by atoms with Gasteiger partial charge in [0.1, 0.15) is 0 Å². The van der Waals surface area contributed by atoms with Gasteiger partial charge < -0.3 is 9.47 Å². The van der Waals surface area contributed by atoms with Crippen molar-refractivity contribution in [2.24, 2.45) is 0 Å². The Balaban J connectivity index is 3.10. The topological polar surface area (TPSA) is 35.5 Å². The summed E-state index contributed by atoms with van der Waals surface area (Å²) in [7, 11) is 1.36. The van der Waals surface area contributed by atoms with Crippen LogP contribution in [0.3, 0.4) is 0 Å². The zero-order valence-electron chi connectivity index (χ0n) is 16.2. The molecule has 3 nitrogen and oxygen atoms in total. The molecule has 0 bridgehead atoms. The van der Waals surface area contributed by atoms with E-state index in [1.807, 2.05) is 0 Å². The lowest BCUT2D eigenvalue weighted by atomic mass is 10.0. The molecule has 0 aromatic carbocycles. The van der Waals surface area contributed by atoms with Crippen LogP contribution in [0.1, 0.15) is 96.8 Å².